The van der Waals surface area contributed by atoms with Crippen LogP contribution in [0.1, 0.15) is 61.7 Å². The third kappa shape index (κ3) is 8.95. The van der Waals surface area contributed by atoms with Crippen LogP contribution in [0.15, 0.2) is 95.2 Å². The number of hydrogen-bond acceptors (Lipinski definition) is 12. The minimum atomic E-state index is -0.560. The predicted octanol–water partition coefficient (Wildman–Crippen LogP) is 6.90. The van der Waals surface area contributed by atoms with E-state index in [1.807, 2.05) is 65.6 Å². The SMILES string of the molecule is COc1cc(C(=O)c2ccc(N(c3ccc(C(C)=NOC(C)=O)cc3)c3ccc(/C(C)=N/OC(C)=O)cc3)cc2)cc(OC)c1OC(C)=O. The van der Waals surface area contributed by atoms with Gasteiger partial charge in [0.15, 0.2) is 17.3 Å². The van der Waals surface area contributed by atoms with Crippen LogP contribution in [0.5, 0.6) is 17.2 Å². The number of carbonyl (C=O) groups is 4. The molecule has 0 N–H and O–H groups in total. The molecule has 0 saturated carbocycles. The number of oxime groups is 2. The Morgan fingerprint density at radius 2 is 0.878 bits per heavy atom. The number of methoxy groups -OCH3 is 2. The number of esters is 1. The van der Waals surface area contributed by atoms with Gasteiger partial charge in [0.1, 0.15) is 0 Å². The van der Waals surface area contributed by atoms with Gasteiger partial charge in [-0.15, -0.1) is 0 Å². The van der Waals surface area contributed by atoms with Gasteiger partial charge in [0.25, 0.3) is 0 Å². The Labute approximate surface area is 283 Å². The van der Waals surface area contributed by atoms with E-state index in [2.05, 4.69) is 10.3 Å². The molecule has 4 aromatic rings. The Kier molecular flexibility index (Phi) is 11.6. The lowest BCUT2D eigenvalue weighted by Crippen LogP contribution is -2.11. The monoisotopic (exact) mass is 665 g/mol. The van der Waals surface area contributed by atoms with E-state index in [0.717, 1.165) is 28.2 Å². The van der Waals surface area contributed by atoms with Crippen molar-refractivity contribution in [1.29, 1.82) is 0 Å². The number of hydrogen-bond donors (Lipinski definition) is 0. The molecule has 0 saturated heterocycles. The lowest BCUT2D eigenvalue weighted by molar-refractivity contribution is -0.141. The van der Waals surface area contributed by atoms with Crippen LogP contribution in [0, 0.1) is 0 Å². The Hall–Kier alpha value is -6.30. The van der Waals surface area contributed by atoms with Crippen LogP contribution < -0.4 is 19.1 Å². The number of anilines is 3. The molecule has 49 heavy (non-hydrogen) atoms. The summed E-state index contributed by atoms with van der Waals surface area (Å²) in [6.45, 7) is 7.28. The maximum absolute atomic E-state index is 13.6. The van der Waals surface area contributed by atoms with Gasteiger partial charge in [-0.3, -0.25) is 9.59 Å². The van der Waals surface area contributed by atoms with Crippen LogP contribution in [-0.4, -0.2) is 49.3 Å². The molecule has 0 aromatic heterocycles. The van der Waals surface area contributed by atoms with Crippen molar-refractivity contribution in [3.63, 3.8) is 0 Å². The first-order chi connectivity index (χ1) is 23.4. The average Bonchev–Trinajstić information content (AvgIpc) is 3.10. The molecular weight excluding hydrogens is 630 g/mol. The largest absolute Gasteiger partial charge is 0.493 e. The highest BCUT2D eigenvalue weighted by atomic mass is 16.7. The fourth-order valence-corrected chi connectivity index (χ4v) is 4.71. The summed E-state index contributed by atoms with van der Waals surface area (Å²) in [7, 11) is 2.81. The number of nitrogens with zero attached hydrogens (tertiary/aromatic N) is 3. The topological polar surface area (TPSA) is 142 Å². The lowest BCUT2D eigenvalue weighted by atomic mass is 10.0. The lowest BCUT2D eigenvalue weighted by Gasteiger charge is -2.26. The molecule has 0 aliphatic rings. The normalized spacial score (nSPS) is 11.3. The highest BCUT2D eigenvalue weighted by molar-refractivity contribution is 6.10. The molecule has 0 spiro atoms. The molecule has 12 heteroatoms. The van der Waals surface area contributed by atoms with Crippen LogP contribution in [0.3, 0.4) is 0 Å². The zero-order chi connectivity index (χ0) is 35.7. The standard InChI is InChI=1S/C37H35N3O9/c1-22(38-48-25(4)42)27-8-14-31(15-9-27)40(32-16-10-28(11-17-32)23(2)39-49-26(5)43)33-18-12-29(13-19-33)36(44)30-20-34(45-6)37(47-24(3)41)35(21-30)46-7/h8-21H,1-7H3/b38-22+,39-23?. The first-order valence-electron chi connectivity index (χ1n) is 15.0. The smallest absolute Gasteiger partial charge is 0.331 e. The summed E-state index contributed by atoms with van der Waals surface area (Å²) in [5.41, 5.74) is 5.55. The summed E-state index contributed by atoms with van der Waals surface area (Å²) in [6, 6.07) is 25.0. The van der Waals surface area contributed by atoms with Crippen molar-refractivity contribution >= 4 is 52.2 Å². The van der Waals surface area contributed by atoms with Gasteiger partial charge >= 0.3 is 17.9 Å². The zero-order valence-electron chi connectivity index (χ0n) is 28.1. The molecule has 0 unspecified atom stereocenters. The van der Waals surface area contributed by atoms with E-state index in [0.29, 0.717) is 17.0 Å². The summed E-state index contributed by atoms with van der Waals surface area (Å²) in [5.74, 6) is -1.46. The van der Waals surface area contributed by atoms with Gasteiger partial charge in [-0.05, 0) is 85.6 Å². The van der Waals surface area contributed by atoms with Crippen molar-refractivity contribution in [2.24, 2.45) is 10.3 Å². The summed E-state index contributed by atoms with van der Waals surface area (Å²) in [6.07, 6.45) is 0. The maximum atomic E-state index is 13.6. The van der Waals surface area contributed by atoms with E-state index in [1.165, 1.54) is 47.1 Å². The molecule has 0 heterocycles. The molecule has 0 atom stereocenters. The Bertz CT molecular complexity index is 1810. The number of rotatable bonds is 12. The van der Waals surface area contributed by atoms with E-state index in [4.69, 9.17) is 23.9 Å². The molecule has 4 rings (SSSR count). The molecule has 0 radical (unpaired) electrons. The number of ether oxygens (including phenoxy) is 3. The van der Waals surface area contributed by atoms with Crippen LogP contribution >= 0.6 is 0 Å². The van der Waals surface area contributed by atoms with Gasteiger partial charge in [0.2, 0.25) is 5.75 Å². The second-order valence-corrected chi connectivity index (χ2v) is 10.6. The van der Waals surface area contributed by atoms with E-state index in [1.54, 1.807) is 26.0 Å². The minimum Gasteiger partial charge on any atom is -0.493 e. The third-order valence-electron chi connectivity index (χ3n) is 7.07. The van der Waals surface area contributed by atoms with Crippen molar-refractivity contribution in [3.8, 4) is 17.2 Å². The van der Waals surface area contributed by atoms with E-state index in [9.17, 15) is 19.2 Å². The molecule has 252 valence electrons. The first kappa shape index (κ1) is 35.6. The van der Waals surface area contributed by atoms with Gasteiger partial charge in [-0.25, -0.2) is 9.59 Å². The summed E-state index contributed by atoms with van der Waals surface area (Å²) < 4.78 is 16.0. The van der Waals surface area contributed by atoms with Crippen molar-refractivity contribution < 1.29 is 43.1 Å². The molecule has 0 bridgehead atoms. The molecule has 0 amide bonds. The highest BCUT2D eigenvalue weighted by Gasteiger charge is 2.21. The van der Waals surface area contributed by atoms with Crippen molar-refractivity contribution in [1.82, 2.24) is 0 Å². The van der Waals surface area contributed by atoms with Gasteiger partial charge in [-0.1, -0.05) is 34.6 Å². The van der Waals surface area contributed by atoms with Crippen LogP contribution in [-0.2, 0) is 24.1 Å². The summed E-state index contributed by atoms with van der Waals surface area (Å²) >= 11 is 0. The third-order valence-corrected chi connectivity index (χ3v) is 7.07. The summed E-state index contributed by atoms with van der Waals surface area (Å²) in [5, 5.41) is 7.74. The summed E-state index contributed by atoms with van der Waals surface area (Å²) in [4.78, 5) is 59.2. The highest BCUT2D eigenvalue weighted by Crippen LogP contribution is 2.40. The minimum absolute atomic E-state index is 0.0813. The van der Waals surface area contributed by atoms with Crippen LogP contribution in [0.4, 0.5) is 17.1 Å². The maximum Gasteiger partial charge on any atom is 0.331 e. The predicted molar refractivity (Wildman–Crippen MR) is 183 cm³/mol. The van der Waals surface area contributed by atoms with Crippen LogP contribution in [0.25, 0.3) is 0 Å². The van der Waals surface area contributed by atoms with Crippen molar-refractivity contribution in [3.05, 3.63) is 107 Å². The molecule has 0 fully saturated rings. The Morgan fingerprint density at radius 3 is 1.20 bits per heavy atom. The quantitative estimate of drug-likeness (QED) is 0.0391. The Balaban J connectivity index is 1.72. The fourth-order valence-electron chi connectivity index (χ4n) is 4.71. The van der Waals surface area contributed by atoms with Crippen LogP contribution in [0.2, 0.25) is 0 Å². The molecular formula is C37H35N3O9. The van der Waals surface area contributed by atoms with E-state index < -0.39 is 17.9 Å². The van der Waals surface area contributed by atoms with Gasteiger partial charge in [0.05, 0.1) is 25.6 Å². The van der Waals surface area contributed by atoms with Gasteiger partial charge in [-0.2, -0.15) is 0 Å². The number of ketones is 1. The second-order valence-electron chi connectivity index (χ2n) is 10.6. The molecule has 4 aromatic carbocycles. The number of benzene rings is 4. The van der Waals surface area contributed by atoms with Gasteiger partial charge in [0, 0.05) is 49.0 Å². The average molecular weight is 666 g/mol. The fraction of sp³-hybridized carbons (Fsp3) is 0.189. The molecule has 12 nitrogen and oxygen atoms in total. The number of carbonyl (C=O) groups excluding carboxylic acids is 4. The van der Waals surface area contributed by atoms with E-state index in [-0.39, 0.29) is 28.6 Å². The second kappa shape index (κ2) is 16.0. The van der Waals surface area contributed by atoms with Crippen molar-refractivity contribution in [2.75, 3.05) is 19.1 Å². The van der Waals surface area contributed by atoms with Gasteiger partial charge < -0.3 is 28.8 Å². The first-order valence-corrected chi connectivity index (χ1v) is 15.0. The Morgan fingerprint density at radius 1 is 0.510 bits per heavy atom. The van der Waals surface area contributed by atoms with Crippen molar-refractivity contribution in [2.45, 2.75) is 34.6 Å². The zero-order valence-corrected chi connectivity index (χ0v) is 28.1. The molecule has 0 aliphatic carbocycles. The molecule has 0 aliphatic heterocycles. The van der Waals surface area contributed by atoms with E-state index >= 15 is 0 Å².